The minimum absolute atomic E-state index is 0.222. The van der Waals surface area contributed by atoms with Crippen molar-refractivity contribution in [1.82, 2.24) is 24.6 Å². The molecule has 0 amide bonds. The maximum absolute atomic E-state index is 11.4. The molecule has 31 heavy (non-hydrogen) atoms. The van der Waals surface area contributed by atoms with Crippen molar-refractivity contribution in [3.8, 4) is 11.9 Å². The molecule has 0 saturated heterocycles. The summed E-state index contributed by atoms with van der Waals surface area (Å²) >= 11 is 6.14. The SMILES string of the molecule is N#Cc1ccc(Nc2cc(=NC3CC3)n3ncc(=Cc4[nH]c(=O)[nH]c4O)c3n2)cc1Cl. The van der Waals surface area contributed by atoms with E-state index < -0.39 is 5.69 Å². The molecule has 1 fully saturated rings. The molecular weight excluding hydrogens is 420 g/mol. The minimum Gasteiger partial charge on any atom is -0.493 e. The van der Waals surface area contributed by atoms with E-state index >= 15 is 0 Å². The van der Waals surface area contributed by atoms with Crippen LogP contribution in [0.15, 0.2) is 40.2 Å². The highest BCUT2D eigenvalue weighted by atomic mass is 35.5. The summed E-state index contributed by atoms with van der Waals surface area (Å²) in [5.74, 6) is 0.239. The van der Waals surface area contributed by atoms with Gasteiger partial charge in [0.1, 0.15) is 17.6 Å². The second kappa shape index (κ2) is 7.30. The van der Waals surface area contributed by atoms with E-state index in [-0.39, 0.29) is 17.6 Å². The number of aromatic nitrogens is 5. The molecule has 4 aromatic rings. The average Bonchev–Trinajstić information content (AvgIpc) is 3.37. The van der Waals surface area contributed by atoms with Gasteiger partial charge in [0, 0.05) is 17.0 Å². The number of hydrogen-bond donors (Lipinski definition) is 4. The smallest absolute Gasteiger partial charge is 0.326 e. The van der Waals surface area contributed by atoms with Crippen molar-refractivity contribution in [2.45, 2.75) is 18.9 Å². The Morgan fingerprint density at radius 2 is 2.19 bits per heavy atom. The molecule has 3 heterocycles. The predicted molar refractivity (Wildman–Crippen MR) is 113 cm³/mol. The van der Waals surface area contributed by atoms with E-state index in [1.54, 1.807) is 41.1 Å². The molecule has 11 heteroatoms. The quantitative estimate of drug-likeness (QED) is 0.381. The maximum Gasteiger partial charge on any atom is 0.326 e. The zero-order chi connectivity index (χ0) is 21.5. The summed E-state index contributed by atoms with van der Waals surface area (Å²) in [6.07, 6.45) is 5.21. The molecule has 0 radical (unpaired) electrons. The lowest BCUT2D eigenvalue weighted by atomic mass is 10.2. The van der Waals surface area contributed by atoms with E-state index in [9.17, 15) is 9.90 Å². The van der Waals surface area contributed by atoms with Gasteiger partial charge in [-0.3, -0.25) is 9.98 Å². The Morgan fingerprint density at radius 1 is 1.35 bits per heavy atom. The highest BCUT2D eigenvalue weighted by Gasteiger charge is 2.20. The van der Waals surface area contributed by atoms with Crippen molar-refractivity contribution in [2.75, 3.05) is 5.32 Å². The van der Waals surface area contributed by atoms with Crippen LogP contribution < -0.4 is 21.7 Å². The van der Waals surface area contributed by atoms with Crippen LogP contribution in [-0.2, 0) is 0 Å². The Bertz CT molecular complexity index is 1540. The second-order valence-electron chi connectivity index (χ2n) is 7.11. The normalized spacial score (nSPS) is 14.8. The van der Waals surface area contributed by atoms with Gasteiger partial charge in [-0.05, 0) is 37.1 Å². The molecule has 10 nitrogen and oxygen atoms in total. The van der Waals surface area contributed by atoms with Crippen LogP contribution in [0.4, 0.5) is 11.5 Å². The molecule has 154 valence electrons. The van der Waals surface area contributed by atoms with E-state index in [0.717, 1.165) is 12.8 Å². The van der Waals surface area contributed by atoms with Crippen LogP contribution in [0.3, 0.4) is 0 Å². The summed E-state index contributed by atoms with van der Waals surface area (Å²) in [5, 5.41) is 27.4. The van der Waals surface area contributed by atoms with Crippen LogP contribution in [0.5, 0.6) is 5.88 Å². The van der Waals surface area contributed by atoms with E-state index in [4.69, 9.17) is 21.9 Å². The first-order valence-electron chi connectivity index (χ1n) is 9.42. The first-order valence-corrected chi connectivity index (χ1v) is 9.80. The number of aromatic amines is 2. The van der Waals surface area contributed by atoms with Crippen LogP contribution in [0.1, 0.15) is 24.1 Å². The summed E-state index contributed by atoms with van der Waals surface area (Å²) in [7, 11) is 0. The number of anilines is 2. The highest BCUT2D eigenvalue weighted by molar-refractivity contribution is 6.32. The molecule has 0 aliphatic heterocycles. The van der Waals surface area contributed by atoms with E-state index in [0.29, 0.717) is 38.4 Å². The molecule has 3 aromatic heterocycles. The molecule has 0 atom stereocenters. The number of H-pyrrole nitrogens is 2. The fourth-order valence-electron chi connectivity index (χ4n) is 3.09. The molecule has 1 saturated carbocycles. The van der Waals surface area contributed by atoms with Crippen molar-refractivity contribution in [1.29, 1.82) is 5.26 Å². The number of hydrogen-bond acceptors (Lipinski definition) is 7. The minimum atomic E-state index is -0.516. The summed E-state index contributed by atoms with van der Waals surface area (Å²) in [5.41, 5.74) is 1.87. The third kappa shape index (κ3) is 3.74. The summed E-state index contributed by atoms with van der Waals surface area (Å²) < 4.78 is 1.61. The average molecular weight is 435 g/mol. The molecule has 4 N–H and O–H groups in total. The summed E-state index contributed by atoms with van der Waals surface area (Å²) in [6.45, 7) is 0. The number of rotatable bonds is 4. The zero-order valence-electron chi connectivity index (χ0n) is 15.9. The number of nitriles is 1. The van der Waals surface area contributed by atoms with Gasteiger partial charge < -0.3 is 15.4 Å². The highest BCUT2D eigenvalue weighted by Crippen LogP contribution is 2.24. The first kappa shape index (κ1) is 18.9. The van der Waals surface area contributed by atoms with Gasteiger partial charge in [-0.15, -0.1) is 0 Å². The zero-order valence-corrected chi connectivity index (χ0v) is 16.7. The Hall–Kier alpha value is -4.10. The van der Waals surface area contributed by atoms with Gasteiger partial charge in [0.2, 0.25) is 5.88 Å². The van der Waals surface area contributed by atoms with Crippen molar-refractivity contribution in [2.24, 2.45) is 4.99 Å². The Labute approximate surface area is 179 Å². The van der Waals surface area contributed by atoms with Gasteiger partial charge in [-0.2, -0.15) is 14.9 Å². The van der Waals surface area contributed by atoms with Gasteiger partial charge in [0.15, 0.2) is 11.1 Å². The fourth-order valence-corrected chi connectivity index (χ4v) is 3.31. The van der Waals surface area contributed by atoms with Crippen LogP contribution in [0.25, 0.3) is 11.7 Å². The molecule has 0 spiro atoms. The summed E-state index contributed by atoms with van der Waals surface area (Å²) in [6, 6.07) is 9.07. The lowest BCUT2D eigenvalue weighted by Gasteiger charge is -2.07. The third-order valence-corrected chi connectivity index (χ3v) is 5.05. The third-order valence-electron chi connectivity index (χ3n) is 4.74. The Kier molecular flexibility index (Phi) is 4.45. The van der Waals surface area contributed by atoms with Crippen molar-refractivity contribution in [3.63, 3.8) is 0 Å². The number of nitrogens with zero attached hydrogens (tertiary/aromatic N) is 5. The number of fused-ring (bicyclic) bond motifs is 1. The molecular formula is C20H15ClN8O2. The van der Waals surface area contributed by atoms with Crippen LogP contribution in [-0.4, -0.2) is 35.7 Å². The van der Waals surface area contributed by atoms with Crippen LogP contribution in [0, 0.1) is 11.3 Å². The first-order chi connectivity index (χ1) is 15.0. The largest absolute Gasteiger partial charge is 0.493 e. The van der Waals surface area contributed by atoms with Gasteiger partial charge in [-0.1, -0.05) is 11.6 Å². The van der Waals surface area contributed by atoms with E-state index in [1.807, 2.05) is 6.07 Å². The number of imidazole rings is 1. The molecule has 1 aliphatic rings. The fraction of sp³-hybridized carbons (Fsp3) is 0.150. The molecule has 0 bridgehead atoms. The van der Waals surface area contributed by atoms with Crippen molar-refractivity contribution in [3.05, 3.63) is 67.9 Å². The molecule has 1 aliphatic carbocycles. The molecule has 0 unspecified atom stereocenters. The second-order valence-corrected chi connectivity index (χ2v) is 7.52. The maximum atomic E-state index is 11.4. The summed E-state index contributed by atoms with van der Waals surface area (Å²) in [4.78, 5) is 25.6. The Morgan fingerprint density at radius 3 is 2.87 bits per heavy atom. The van der Waals surface area contributed by atoms with Gasteiger partial charge >= 0.3 is 5.69 Å². The van der Waals surface area contributed by atoms with E-state index in [1.165, 1.54) is 0 Å². The topological polar surface area (TPSA) is 147 Å². The van der Waals surface area contributed by atoms with Crippen molar-refractivity contribution < 1.29 is 5.11 Å². The van der Waals surface area contributed by atoms with Gasteiger partial charge in [0.25, 0.3) is 0 Å². The van der Waals surface area contributed by atoms with Crippen LogP contribution in [0.2, 0.25) is 5.02 Å². The number of aromatic hydroxyl groups is 1. The number of halogens is 1. The van der Waals surface area contributed by atoms with Crippen molar-refractivity contribution >= 4 is 34.8 Å². The van der Waals surface area contributed by atoms with Gasteiger partial charge in [0.05, 0.1) is 22.8 Å². The van der Waals surface area contributed by atoms with Gasteiger partial charge in [-0.25, -0.2) is 9.78 Å². The van der Waals surface area contributed by atoms with E-state index in [2.05, 4.69) is 25.4 Å². The lowest BCUT2D eigenvalue weighted by molar-refractivity contribution is 0.454. The molecule has 1 aromatic carbocycles. The lowest BCUT2D eigenvalue weighted by Crippen LogP contribution is -2.19. The standard InChI is InChI=1S/C20H15ClN8O2/c21-14-6-13(2-1-10(14)8-22)24-16-7-17(25-12-3-4-12)29-18(27-16)11(9-23-29)5-15-19(30)28-20(31)26-15/h1-2,5-7,9,12,24,30H,3-4H2,(H2,26,28,31). The predicted octanol–water partition coefficient (Wildman–Crippen LogP) is 1.33. The number of benzene rings is 1. The number of nitrogens with one attached hydrogen (secondary N) is 3. The molecule has 5 rings (SSSR count). The van der Waals surface area contributed by atoms with Crippen LogP contribution >= 0.6 is 11.6 Å². The Balaban J connectivity index is 1.65. The monoisotopic (exact) mass is 434 g/mol.